The Labute approximate surface area is 450 Å². The number of thiazole rings is 1. The Bertz CT molecular complexity index is 3120. The van der Waals surface area contributed by atoms with Gasteiger partial charge in [-0.1, -0.05) is 216 Å². The summed E-state index contributed by atoms with van der Waals surface area (Å²) in [5, 5.41) is 12.5. The van der Waals surface area contributed by atoms with Gasteiger partial charge >= 0.3 is 5.97 Å². The van der Waals surface area contributed by atoms with E-state index in [0.717, 1.165) is 39.8 Å². The molecule has 4 heterocycles. The molecule has 2 aliphatic heterocycles. The number of nitrogens with zero attached hydrogens (tertiary/aromatic N) is 5. The van der Waals surface area contributed by atoms with Gasteiger partial charge in [-0.25, -0.2) is 14.8 Å². The fourth-order valence-corrected chi connectivity index (χ4v) is 13.1. The number of amides is 2. The van der Waals surface area contributed by atoms with Crippen molar-refractivity contribution in [2.24, 2.45) is 5.16 Å². The molecule has 10 rings (SSSR count). The molecule has 16 heteroatoms. The van der Waals surface area contributed by atoms with Gasteiger partial charge in [-0.15, -0.1) is 11.3 Å². The van der Waals surface area contributed by atoms with Crippen LogP contribution in [-0.4, -0.2) is 76.6 Å². The highest BCUT2D eigenvalue weighted by Crippen LogP contribution is 2.43. The van der Waals surface area contributed by atoms with Crippen molar-refractivity contribution in [2.45, 2.75) is 48.9 Å². The number of oxime groups is 1. The molecule has 3 atom stereocenters. The van der Waals surface area contributed by atoms with Gasteiger partial charge in [-0.05, 0) is 51.0 Å². The van der Waals surface area contributed by atoms with Crippen molar-refractivity contribution in [3.8, 4) is 0 Å². The number of β-lactam (4-membered cyclic amide) rings is 1. The quantitative estimate of drug-likeness (QED) is 0.0111. The van der Waals surface area contributed by atoms with Crippen LogP contribution in [0, 0.1) is 0 Å². The zero-order chi connectivity index (χ0) is 51.8. The number of benzene rings is 6. The number of fused-ring (bicyclic) bond motifs is 1. The first-order valence-electron chi connectivity index (χ1n) is 24.5. The molecule has 0 radical (unpaired) electrons. The molecular formula is C59H52BrN7O6S2. The zero-order valence-electron chi connectivity index (χ0n) is 40.8. The monoisotopic (exact) mass is 1100 g/mol. The van der Waals surface area contributed by atoms with Crippen LogP contribution < -0.4 is 10.6 Å². The van der Waals surface area contributed by atoms with E-state index in [1.54, 1.807) is 17.9 Å². The van der Waals surface area contributed by atoms with E-state index in [-0.39, 0.29) is 41.4 Å². The van der Waals surface area contributed by atoms with Crippen LogP contribution in [0.1, 0.15) is 64.5 Å². The molecule has 0 aliphatic carbocycles. The molecule has 378 valence electrons. The maximum absolute atomic E-state index is 14.9. The van der Waals surface area contributed by atoms with Gasteiger partial charge in [0.2, 0.25) is 5.37 Å². The number of anilines is 1. The smallest absolute Gasteiger partial charge is 0.355 e. The van der Waals surface area contributed by atoms with Crippen LogP contribution in [0.3, 0.4) is 0 Å². The molecule has 0 bridgehead atoms. The minimum absolute atomic E-state index is 0.00552. The van der Waals surface area contributed by atoms with Crippen molar-refractivity contribution in [1.82, 2.24) is 24.8 Å². The first-order valence-corrected chi connectivity index (χ1v) is 27.9. The van der Waals surface area contributed by atoms with Crippen LogP contribution in [0.2, 0.25) is 0 Å². The van der Waals surface area contributed by atoms with Gasteiger partial charge in [0.05, 0.1) is 24.8 Å². The van der Waals surface area contributed by atoms with Crippen LogP contribution in [-0.2, 0) is 52.8 Å². The fraction of sp³-hybridized carbons (Fsp3) is 0.186. The van der Waals surface area contributed by atoms with Crippen LogP contribution in [0.15, 0.2) is 216 Å². The van der Waals surface area contributed by atoms with Crippen LogP contribution in [0.25, 0.3) is 0 Å². The number of hydrogen-bond acceptors (Lipinski definition) is 11. The number of imidazole rings is 1. The van der Waals surface area contributed by atoms with E-state index in [0.29, 0.717) is 22.8 Å². The van der Waals surface area contributed by atoms with E-state index < -0.39 is 51.5 Å². The van der Waals surface area contributed by atoms with Gasteiger partial charge in [0.15, 0.2) is 23.5 Å². The predicted molar refractivity (Wildman–Crippen MR) is 295 cm³/mol. The number of halogens is 1. The van der Waals surface area contributed by atoms with Crippen LogP contribution >= 0.6 is 27.3 Å². The highest BCUT2D eigenvalue weighted by Gasteiger charge is 2.61. The second-order valence-electron chi connectivity index (χ2n) is 17.9. The van der Waals surface area contributed by atoms with Gasteiger partial charge in [-0.2, -0.15) is 0 Å². The number of rotatable bonds is 20. The first-order chi connectivity index (χ1) is 36.8. The molecule has 13 nitrogen and oxygen atoms in total. The molecule has 75 heavy (non-hydrogen) atoms. The Kier molecular flexibility index (Phi) is 15.5. The molecule has 2 aliphatic rings. The van der Waals surface area contributed by atoms with Gasteiger partial charge in [0, 0.05) is 16.3 Å². The molecule has 0 saturated carbocycles. The number of unbranched alkanes of at least 4 members (excludes halogenated alkanes) is 1. The van der Waals surface area contributed by atoms with Crippen molar-refractivity contribution in [3.63, 3.8) is 0 Å². The SMILES string of the molecule is CCCCOC(=O)C1=C(CBr)C[S+]([O-])[C@H]2[C@@H](NC(=O)C(=NOCc3cncn3C(c3ccccc3)(c3ccccc3)c3ccccc3)c3csc(NC(c4ccccc4)(c4ccccc4)c4ccccc4)n3)C(=O)N12. The number of hydrogen-bond donors (Lipinski definition) is 2. The lowest BCUT2D eigenvalue weighted by atomic mass is 9.76. The van der Waals surface area contributed by atoms with E-state index in [1.165, 1.54) is 16.2 Å². The highest BCUT2D eigenvalue weighted by atomic mass is 79.9. The van der Waals surface area contributed by atoms with Crippen molar-refractivity contribution < 1.29 is 28.5 Å². The van der Waals surface area contributed by atoms with Crippen LogP contribution in [0.5, 0.6) is 0 Å². The molecule has 2 amide bonds. The summed E-state index contributed by atoms with van der Waals surface area (Å²) in [7, 11) is 0. The lowest BCUT2D eigenvalue weighted by Crippen LogP contribution is -2.75. The Morgan fingerprint density at radius 1 is 0.787 bits per heavy atom. The second kappa shape index (κ2) is 22.9. The molecule has 2 aromatic heterocycles. The first kappa shape index (κ1) is 50.9. The van der Waals surface area contributed by atoms with E-state index in [2.05, 4.69) is 114 Å². The molecule has 1 fully saturated rings. The number of carbonyl (C=O) groups excluding carboxylic acids is 3. The standard InChI is InChI=1S/C59H52BrN7O6S2/c1-2-3-34-72-56(70)52-41(35-60)39-75(71)55-51(54(69)67(52)55)63-53(68)50(49-38-74-57(62-49)64-58(42-22-10-4-11-23-42,43-24-12-5-13-25-43)44-26-14-6-15-27-44)65-73-37-48-36-61-40-66(48)59(45-28-16-7-17-29-45,46-30-18-8-19-31-46)47-32-20-9-21-33-47/h4-33,36,38,40,51,55H,2-3,34-35,37,39H2,1H3,(H,62,64)(H,63,68)/t51-,55-,75?/m0/s1. The zero-order valence-corrected chi connectivity index (χ0v) is 44.0. The van der Waals surface area contributed by atoms with Gasteiger partial charge < -0.3 is 29.3 Å². The fourth-order valence-electron chi connectivity index (χ4n) is 9.97. The summed E-state index contributed by atoms with van der Waals surface area (Å²) in [6.45, 7) is 2.00. The van der Waals surface area contributed by atoms with E-state index >= 15 is 0 Å². The number of carbonyl (C=O) groups is 3. The summed E-state index contributed by atoms with van der Waals surface area (Å²) < 4.78 is 21.5. The summed E-state index contributed by atoms with van der Waals surface area (Å²) in [5.74, 6) is -2.08. The number of alkyl halides is 1. The maximum atomic E-state index is 14.9. The van der Waals surface area contributed by atoms with E-state index in [9.17, 15) is 18.9 Å². The molecule has 0 spiro atoms. The van der Waals surface area contributed by atoms with Gasteiger partial charge in [0.1, 0.15) is 28.2 Å². The van der Waals surface area contributed by atoms with Gasteiger partial charge in [0.25, 0.3) is 11.8 Å². The molecular weight excluding hydrogens is 1050 g/mol. The highest BCUT2D eigenvalue weighted by molar-refractivity contribution is 9.09. The summed E-state index contributed by atoms with van der Waals surface area (Å²) in [6, 6.07) is 59.4. The van der Waals surface area contributed by atoms with E-state index in [4.69, 9.17) is 14.6 Å². The lowest BCUT2D eigenvalue weighted by molar-refractivity contribution is -0.152. The third-order valence-electron chi connectivity index (χ3n) is 13.5. The number of ether oxygens (including phenoxy) is 1. The summed E-state index contributed by atoms with van der Waals surface area (Å²) >= 11 is 3.00. The topological polar surface area (TPSA) is 163 Å². The molecule has 8 aromatic rings. The lowest BCUT2D eigenvalue weighted by Gasteiger charge is -2.49. The summed E-state index contributed by atoms with van der Waals surface area (Å²) in [5.41, 5.74) is 4.96. The van der Waals surface area contributed by atoms with Crippen molar-refractivity contribution >= 4 is 67.1 Å². The third-order valence-corrected chi connectivity index (χ3v) is 16.6. The largest absolute Gasteiger partial charge is 0.614 e. The average molecular weight is 1100 g/mol. The van der Waals surface area contributed by atoms with E-state index in [1.807, 2.05) is 116 Å². The molecule has 1 unspecified atom stereocenters. The van der Waals surface area contributed by atoms with Gasteiger partial charge in [-0.3, -0.25) is 14.5 Å². The Balaban J connectivity index is 1.03. The normalized spacial score (nSPS) is 16.7. The number of nitrogens with one attached hydrogen (secondary N) is 2. The van der Waals surface area contributed by atoms with Crippen molar-refractivity contribution in [3.05, 3.63) is 256 Å². The van der Waals surface area contributed by atoms with Crippen molar-refractivity contribution in [2.75, 3.05) is 23.0 Å². The predicted octanol–water partition coefficient (Wildman–Crippen LogP) is 9.91. The number of aromatic nitrogens is 3. The molecule has 6 aromatic carbocycles. The molecule has 1 saturated heterocycles. The summed E-state index contributed by atoms with van der Waals surface area (Å²) in [6.07, 6.45) is 4.92. The van der Waals surface area contributed by atoms with Crippen molar-refractivity contribution in [1.29, 1.82) is 0 Å². The third kappa shape index (κ3) is 9.82. The maximum Gasteiger partial charge on any atom is 0.355 e. The summed E-state index contributed by atoms with van der Waals surface area (Å²) in [4.78, 5) is 59.8. The minimum atomic E-state index is -1.68. The Morgan fingerprint density at radius 2 is 1.29 bits per heavy atom. The second-order valence-corrected chi connectivity index (χ2v) is 20.9. The Hall–Kier alpha value is -7.63. The Morgan fingerprint density at radius 3 is 1.79 bits per heavy atom. The molecule has 2 N–H and O–H groups in total. The number of esters is 1. The minimum Gasteiger partial charge on any atom is -0.614 e. The average Bonchev–Trinajstić information content (AvgIpc) is 4.17. The van der Waals surface area contributed by atoms with Crippen LogP contribution in [0.4, 0.5) is 5.13 Å².